The monoisotopic (exact) mass is 249 g/mol. The molecule has 1 aliphatic rings. The molecule has 0 saturated heterocycles. The van der Waals surface area contributed by atoms with E-state index in [9.17, 15) is 9.59 Å². The summed E-state index contributed by atoms with van der Waals surface area (Å²) in [4.78, 5) is 21.7. The van der Waals surface area contributed by atoms with Gasteiger partial charge < -0.3 is 21.1 Å². The number of nitrogens with two attached hydrogens (primary N) is 1. The van der Waals surface area contributed by atoms with Gasteiger partial charge in [0.1, 0.15) is 5.75 Å². The Balaban J connectivity index is 1.92. The summed E-state index contributed by atoms with van der Waals surface area (Å²) in [7, 11) is 0. The first-order valence-corrected chi connectivity index (χ1v) is 5.70. The number of hydrogen-bond donors (Lipinski definition) is 3. The van der Waals surface area contributed by atoms with E-state index >= 15 is 0 Å². The van der Waals surface area contributed by atoms with Crippen molar-refractivity contribution in [3.05, 3.63) is 23.8 Å². The van der Waals surface area contributed by atoms with Gasteiger partial charge >= 0.3 is 0 Å². The van der Waals surface area contributed by atoms with E-state index in [0.29, 0.717) is 30.9 Å². The number of anilines is 1. The van der Waals surface area contributed by atoms with Crippen LogP contribution < -0.4 is 21.1 Å². The third-order valence-corrected chi connectivity index (χ3v) is 2.55. The molecule has 2 rings (SSSR count). The van der Waals surface area contributed by atoms with E-state index in [1.54, 1.807) is 0 Å². The molecule has 0 saturated carbocycles. The first kappa shape index (κ1) is 12.4. The van der Waals surface area contributed by atoms with Crippen LogP contribution in [0.1, 0.15) is 12.0 Å². The van der Waals surface area contributed by atoms with Gasteiger partial charge in [0.05, 0.1) is 5.69 Å². The molecule has 1 aromatic carbocycles. The van der Waals surface area contributed by atoms with Gasteiger partial charge in [0.25, 0.3) is 5.91 Å². The summed E-state index contributed by atoms with van der Waals surface area (Å²) in [6.45, 7) is 1.20. The molecule has 1 aromatic rings. The Bertz CT molecular complexity index is 474. The summed E-state index contributed by atoms with van der Waals surface area (Å²) < 4.78 is 5.25. The smallest absolute Gasteiger partial charge is 0.262 e. The highest BCUT2D eigenvalue weighted by atomic mass is 16.5. The summed E-state index contributed by atoms with van der Waals surface area (Å²) >= 11 is 0. The SMILES string of the molecule is NC(=O)CCNCc1ccc2c(c1)NC(=O)CO2. The van der Waals surface area contributed by atoms with Crippen LogP contribution in [-0.4, -0.2) is 25.0 Å². The second-order valence-corrected chi connectivity index (χ2v) is 4.06. The van der Waals surface area contributed by atoms with Crippen LogP contribution in [0.5, 0.6) is 5.75 Å². The first-order valence-electron chi connectivity index (χ1n) is 5.70. The number of hydrogen-bond acceptors (Lipinski definition) is 4. The zero-order valence-corrected chi connectivity index (χ0v) is 9.86. The largest absolute Gasteiger partial charge is 0.482 e. The predicted octanol–water partition coefficient (Wildman–Crippen LogP) is -0.0175. The lowest BCUT2D eigenvalue weighted by molar-refractivity contribution is -0.119. The molecule has 0 aliphatic carbocycles. The molecule has 2 amide bonds. The van der Waals surface area contributed by atoms with Crippen LogP contribution in [0.15, 0.2) is 18.2 Å². The maximum Gasteiger partial charge on any atom is 0.262 e. The zero-order valence-electron chi connectivity index (χ0n) is 9.86. The summed E-state index contributed by atoms with van der Waals surface area (Å²) in [5, 5.41) is 5.84. The molecule has 1 aliphatic heterocycles. The minimum atomic E-state index is -0.325. The maximum absolute atomic E-state index is 11.2. The predicted molar refractivity (Wildman–Crippen MR) is 66.1 cm³/mol. The molecular formula is C12H15N3O3. The van der Waals surface area contributed by atoms with Crippen LogP contribution in [0, 0.1) is 0 Å². The average molecular weight is 249 g/mol. The Morgan fingerprint density at radius 1 is 1.50 bits per heavy atom. The van der Waals surface area contributed by atoms with Crippen LogP contribution in [0.3, 0.4) is 0 Å². The molecule has 18 heavy (non-hydrogen) atoms. The normalized spacial score (nSPS) is 13.4. The first-order chi connectivity index (χ1) is 8.65. The van der Waals surface area contributed by atoms with Gasteiger partial charge in [0.2, 0.25) is 5.91 Å². The number of ether oxygens (including phenoxy) is 1. The van der Waals surface area contributed by atoms with E-state index in [2.05, 4.69) is 10.6 Å². The third-order valence-electron chi connectivity index (χ3n) is 2.55. The van der Waals surface area contributed by atoms with Gasteiger partial charge in [-0.25, -0.2) is 0 Å². The molecule has 0 unspecified atom stereocenters. The van der Waals surface area contributed by atoms with Gasteiger partial charge in [-0.3, -0.25) is 9.59 Å². The van der Waals surface area contributed by atoms with Gasteiger partial charge in [0, 0.05) is 19.5 Å². The number of carbonyl (C=O) groups excluding carboxylic acids is 2. The molecule has 0 aromatic heterocycles. The highest BCUT2D eigenvalue weighted by molar-refractivity contribution is 5.95. The molecule has 4 N–H and O–H groups in total. The van der Waals surface area contributed by atoms with E-state index in [0.717, 1.165) is 5.56 Å². The van der Waals surface area contributed by atoms with Gasteiger partial charge in [-0.2, -0.15) is 0 Å². The highest BCUT2D eigenvalue weighted by Gasteiger charge is 2.15. The topological polar surface area (TPSA) is 93.5 Å². The van der Waals surface area contributed by atoms with Gasteiger partial charge in [0.15, 0.2) is 6.61 Å². The molecule has 0 bridgehead atoms. The van der Waals surface area contributed by atoms with E-state index in [1.807, 2.05) is 18.2 Å². The molecule has 96 valence electrons. The standard InChI is InChI=1S/C12H15N3O3/c13-11(16)3-4-14-6-8-1-2-10-9(5-8)15-12(17)7-18-10/h1-2,5,14H,3-4,6-7H2,(H2,13,16)(H,15,17). The van der Waals surface area contributed by atoms with E-state index in [1.165, 1.54) is 0 Å². The Morgan fingerprint density at radius 2 is 2.33 bits per heavy atom. The van der Waals surface area contributed by atoms with E-state index < -0.39 is 0 Å². The molecule has 0 atom stereocenters. The van der Waals surface area contributed by atoms with Crippen molar-refractivity contribution in [1.29, 1.82) is 0 Å². The molecule has 6 nitrogen and oxygen atoms in total. The number of benzene rings is 1. The maximum atomic E-state index is 11.2. The lowest BCUT2D eigenvalue weighted by Crippen LogP contribution is -2.25. The van der Waals surface area contributed by atoms with Gasteiger partial charge in [-0.05, 0) is 17.7 Å². The summed E-state index contributed by atoms with van der Waals surface area (Å²) in [5.41, 5.74) is 6.72. The van der Waals surface area contributed by atoms with E-state index in [4.69, 9.17) is 10.5 Å². The minimum Gasteiger partial charge on any atom is -0.482 e. The fourth-order valence-electron chi connectivity index (χ4n) is 1.68. The molecular weight excluding hydrogens is 234 g/mol. The second kappa shape index (κ2) is 5.50. The highest BCUT2D eigenvalue weighted by Crippen LogP contribution is 2.28. The Kier molecular flexibility index (Phi) is 3.78. The Hall–Kier alpha value is -2.08. The lowest BCUT2D eigenvalue weighted by Gasteiger charge is -2.18. The van der Waals surface area contributed by atoms with Gasteiger partial charge in [-0.15, -0.1) is 0 Å². The number of fused-ring (bicyclic) bond motifs is 1. The summed E-state index contributed by atoms with van der Waals surface area (Å²) in [6, 6.07) is 5.58. The molecule has 0 fully saturated rings. The van der Waals surface area contributed by atoms with Crippen LogP contribution >= 0.6 is 0 Å². The Labute approximate surface area is 104 Å². The fraction of sp³-hybridized carbons (Fsp3) is 0.333. The van der Waals surface area contributed by atoms with Crippen LogP contribution in [-0.2, 0) is 16.1 Å². The number of rotatable bonds is 5. The minimum absolute atomic E-state index is 0.0587. The second-order valence-electron chi connectivity index (χ2n) is 4.06. The Morgan fingerprint density at radius 3 is 3.11 bits per heavy atom. The van der Waals surface area contributed by atoms with Crippen molar-refractivity contribution in [2.45, 2.75) is 13.0 Å². The van der Waals surface area contributed by atoms with Crippen molar-refractivity contribution in [3.63, 3.8) is 0 Å². The number of nitrogens with one attached hydrogen (secondary N) is 2. The van der Waals surface area contributed by atoms with Crippen molar-refractivity contribution < 1.29 is 14.3 Å². The van der Waals surface area contributed by atoms with Crippen molar-refractivity contribution in [3.8, 4) is 5.75 Å². The van der Waals surface area contributed by atoms with Crippen LogP contribution in [0.2, 0.25) is 0 Å². The number of primary amides is 1. The molecule has 0 spiro atoms. The van der Waals surface area contributed by atoms with Gasteiger partial charge in [-0.1, -0.05) is 6.07 Å². The lowest BCUT2D eigenvalue weighted by atomic mass is 10.1. The number of amides is 2. The molecule has 6 heteroatoms. The van der Waals surface area contributed by atoms with Crippen molar-refractivity contribution >= 4 is 17.5 Å². The van der Waals surface area contributed by atoms with Crippen molar-refractivity contribution in [2.75, 3.05) is 18.5 Å². The molecule has 0 radical (unpaired) electrons. The van der Waals surface area contributed by atoms with Crippen LogP contribution in [0.4, 0.5) is 5.69 Å². The van der Waals surface area contributed by atoms with Crippen LogP contribution in [0.25, 0.3) is 0 Å². The van der Waals surface area contributed by atoms with Crippen molar-refractivity contribution in [2.24, 2.45) is 5.73 Å². The number of carbonyl (C=O) groups is 2. The van der Waals surface area contributed by atoms with Crippen molar-refractivity contribution in [1.82, 2.24) is 5.32 Å². The average Bonchev–Trinajstić information content (AvgIpc) is 2.34. The molecule has 1 heterocycles. The quantitative estimate of drug-likeness (QED) is 0.639. The zero-order chi connectivity index (χ0) is 13.0. The fourth-order valence-corrected chi connectivity index (χ4v) is 1.68. The van der Waals surface area contributed by atoms with E-state index in [-0.39, 0.29) is 18.4 Å². The summed E-state index contributed by atoms with van der Waals surface area (Å²) in [5.74, 6) is 0.199. The summed E-state index contributed by atoms with van der Waals surface area (Å²) in [6.07, 6.45) is 0.310. The third kappa shape index (κ3) is 3.21.